The van der Waals surface area contributed by atoms with E-state index in [-0.39, 0.29) is 36.0 Å². The van der Waals surface area contributed by atoms with Crippen molar-refractivity contribution in [1.82, 2.24) is 5.32 Å². The van der Waals surface area contributed by atoms with Crippen molar-refractivity contribution in [2.24, 2.45) is 4.99 Å². The monoisotopic (exact) mass is 431 g/mol. The van der Waals surface area contributed by atoms with Gasteiger partial charge in [-0.3, -0.25) is 9.79 Å². The number of ether oxygens (including phenoxy) is 1. The highest BCUT2D eigenvalue weighted by Gasteiger charge is 2.22. The Balaban J connectivity index is 0.00000264. The molecule has 1 N–H and O–H groups in total. The van der Waals surface area contributed by atoms with Crippen LogP contribution < -0.4 is 10.2 Å². The molecule has 0 saturated carbocycles. The van der Waals surface area contributed by atoms with Crippen molar-refractivity contribution < 1.29 is 9.53 Å². The molecule has 0 aliphatic carbocycles. The van der Waals surface area contributed by atoms with E-state index in [0.717, 1.165) is 25.5 Å². The summed E-state index contributed by atoms with van der Waals surface area (Å²) in [5, 5.41) is 3.30. The first-order valence-corrected chi connectivity index (χ1v) is 7.95. The van der Waals surface area contributed by atoms with Crippen LogP contribution in [0.25, 0.3) is 0 Å². The van der Waals surface area contributed by atoms with Crippen LogP contribution in [0.3, 0.4) is 0 Å². The molecule has 0 aromatic heterocycles. The summed E-state index contributed by atoms with van der Waals surface area (Å²) >= 11 is 0. The molecular formula is C17H26IN3O2. The van der Waals surface area contributed by atoms with E-state index in [1.165, 1.54) is 11.3 Å². The topological polar surface area (TPSA) is 53.9 Å². The zero-order chi connectivity index (χ0) is 15.9. The van der Waals surface area contributed by atoms with Crippen LogP contribution in [0.2, 0.25) is 0 Å². The van der Waals surface area contributed by atoms with E-state index >= 15 is 0 Å². The van der Waals surface area contributed by atoms with Gasteiger partial charge in [-0.1, -0.05) is 18.2 Å². The number of rotatable bonds is 5. The summed E-state index contributed by atoms with van der Waals surface area (Å²) in [6, 6.07) is 8.37. The average Bonchev–Trinajstić information content (AvgIpc) is 2.89. The Morgan fingerprint density at radius 3 is 2.83 bits per heavy atom. The van der Waals surface area contributed by atoms with Crippen molar-refractivity contribution in [2.45, 2.75) is 39.7 Å². The molecule has 6 heteroatoms. The minimum atomic E-state index is -0.198. The van der Waals surface area contributed by atoms with Gasteiger partial charge >= 0.3 is 5.97 Å². The summed E-state index contributed by atoms with van der Waals surface area (Å²) in [7, 11) is 0. The number of hydrogen-bond acceptors (Lipinski definition) is 3. The van der Waals surface area contributed by atoms with Crippen LogP contribution in [0.4, 0.5) is 5.69 Å². The second kappa shape index (κ2) is 9.75. The van der Waals surface area contributed by atoms with Crippen molar-refractivity contribution in [2.75, 3.05) is 24.5 Å². The number of halogens is 1. The summed E-state index contributed by atoms with van der Waals surface area (Å²) in [4.78, 5) is 18.3. The molecule has 1 aliphatic rings. The lowest BCUT2D eigenvalue weighted by Gasteiger charge is -2.22. The minimum absolute atomic E-state index is 0. The van der Waals surface area contributed by atoms with Gasteiger partial charge in [0.15, 0.2) is 5.96 Å². The highest BCUT2D eigenvalue weighted by molar-refractivity contribution is 14.0. The largest absolute Gasteiger partial charge is 0.463 e. The molecule has 0 bridgehead atoms. The van der Waals surface area contributed by atoms with Gasteiger partial charge in [0.05, 0.1) is 19.1 Å². The van der Waals surface area contributed by atoms with Crippen molar-refractivity contribution in [1.29, 1.82) is 0 Å². The number of carbonyl (C=O) groups excluding carboxylic acids is 1. The van der Waals surface area contributed by atoms with Gasteiger partial charge in [0.2, 0.25) is 0 Å². The third kappa shape index (κ3) is 5.67. The number of fused-ring (bicyclic) bond motifs is 1. The van der Waals surface area contributed by atoms with Crippen LogP contribution >= 0.6 is 24.0 Å². The molecule has 128 valence electrons. The third-order valence-corrected chi connectivity index (χ3v) is 3.42. The van der Waals surface area contributed by atoms with Crippen LogP contribution in [-0.4, -0.2) is 37.7 Å². The van der Waals surface area contributed by atoms with Gasteiger partial charge in [0.1, 0.15) is 0 Å². The maximum atomic E-state index is 11.6. The lowest BCUT2D eigenvalue weighted by atomic mass is 10.2. The SMILES string of the molecule is CCNC(=NCCC(=O)OC(C)C)N1CCc2ccccc21.I. The van der Waals surface area contributed by atoms with Gasteiger partial charge in [-0.25, -0.2) is 0 Å². The van der Waals surface area contributed by atoms with Gasteiger partial charge < -0.3 is 15.0 Å². The first-order chi connectivity index (χ1) is 10.6. The highest BCUT2D eigenvalue weighted by Crippen LogP contribution is 2.27. The van der Waals surface area contributed by atoms with Gasteiger partial charge in [-0.15, -0.1) is 24.0 Å². The zero-order valence-corrected chi connectivity index (χ0v) is 16.4. The molecule has 0 fully saturated rings. The van der Waals surface area contributed by atoms with E-state index < -0.39 is 0 Å². The molecule has 1 aromatic rings. The molecule has 23 heavy (non-hydrogen) atoms. The Morgan fingerprint density at radius 1 is 1.39 bits per heavy atom. The lowest BCUT2D eigenvalue weighted by molar-refractivity contribution is -0.147. The molecule has 0 unspecified atom stereocenters. The predicted octanol–water partition coefficient (Wildman–Crippen LogP) is 2.97. The Bertz CT molecular complexity index is 546. The summed E-state index contributed by atoms with van der Waals surface area (Å²) < 4.78 is 5.13. The Hall–Kier alpha value is -1.31. The predicted molar refractivity (Wildman–Crippen MR) is 105 cm³/mol. The fraction of sp³-hybridized carbons (Fsp3) is 0.529. The molecule has 1 aliphatic heterocycles. The number of nitrogens with one attached hydrogen (secondary N) is 1. The third-order valence-electron chi connectivity index (χ3n) is 3.42. The Labute approximate surface area is 155 Å². The van der Waals surface area contributed by atoms with E-state index in [0.29, 0.717) is 13.0 Å². The molecular weight excluding hydrogens is 405 g/mol. The van der Waals surface area contributed by atoms with Gasteiger partial charge in [-0.2, -0.15) is 0 Å². The number of guanidine groups is 1. The molecule has 1 aromatic carbocycles. The number of esters is 1. The van der Waals surface area contributed by atoms with Crippen LogP contribution in [0.15, 0.2) is 29.3 Å². The fourth-order valence-electron chi connectivity index (χ4n) is 2.53. The first-order valence-electron chi connectivity index (χ1n) is 7.95. The Kier molecular flexibility index (Phi) is 8.36. The fourth-order valence-corrected chi connectivity index (χ4v) is 2.53. The van der Waals surface area contributed by atoms with E-state index in [2.05, 4.69) is 33.4 Å². The summed E-state index contributed by atoms with van der Waals surface area (Å²) in [5.41, 5.74) is 2.54. The van der Waals surface area contributed by atoms with Gasteiger partial charge in [0, 0.05) is 18.8 Å². The van der Waals surface area contributed by atoms with Crippen molar-refractivity contribution in [3.05, 3.63) is 29.8 Å². The number of para-hydroxylation sites is 1. The minimum Gasteiger partial charge on any atom is -0.463 e. The Morgan fingerprint density at radius 2 is 2.13 bits per heavy atom. The molecule has 0 atom stereocenters. The van der Waals surface area contributed by atoms with E-state index in [1.807, 2.05) is 26.8 Å². The van der Waals surface area contributed by atoms with E-state index in [4.69, 9.17) is 4.74 Å². The number of anilines is 1. The van der Waals surface area contributed by atoms with E-state index in [9.17, 15) is 4.79 Å². The smallest absolute Gasteiger partial charge is 0.307 e. The first kappa shape index (κ1) is 19.7. The normalized spacial score (nSPS) is 13.6. The number of carbonyl (C=O) groups is 1. The van der Waals surface area contributed by atoms with E-state index in [1.54, 1.807) is 0 Å². The van der Waals surface area contributed by atoms with Crippen LogP contribution in [0.1, 0.15) is 32.8 Å². The highest BCUT2D eigenvalue weighted by atomic mass is 127. The molecule has 0 radical (unpaired) electrons. The molecule has 5 nitrogen and oxygen atoms in total. The summed E-state index contributed by atoms with van der Waals surface area (Å²) in [5.74, 6) is 0.640. The number of aliphatic imine (C=N–C) groups is 1. The standard InChI is InChI=1S/C17H25N3O2.HI/c1-4-18-17(19-11-9-16(21)22-13(2)3)20-12-10-14-7-5-6-8-15(14)20;/h5-8,13H,4,9-12H2,1-3H3,(H,18,19);1H. The lowest BCUT2D eigenvalue weighted by Crippen LogP contribution is -2.40. The maximum Gasteiger partial charge on any atom is 0.307 e. The van der Waals surface area contributed by atoms with Crippen LogP contribution in [0.5, 0.6) is 0 Å². The molecule has 0 amide bonds. The van der Waals surface area contributed by atoms with Crippen molar-refractivity contribution >= 4 is 41.6 Å². The molecule has 0 saturated heterocycles. The molecule has 1 heterocycles. The van der Waals surface area contributed by atoms with Gasteiger partial charge in [-0.05, 0) is 38.8 Å². The average molecular weight is 431 g/mol. The summed E-state index contributed by atoms with van der Waals surface area (Å²) in [6.45, 7) is 7.91. The number of benzene rings is 1. The second-order valence-corrected chi connectivity index (χ2v) is 5.55. The van der Waals surface area contributed by atoms with Crippen molar-refractivity contribution in [3.8, 4) is 0 Å². The number of nitrogens with zero attached hydrogens (tertiary/aromatic N) is 2. The van der Waals surface area contributed by atoms with Crippen molar-refractivity contribution in [3.63, 3.8) is 0 Å². The maximum absolute atomic E-state index is 11.6. The molecule has 0 spiro atoms. The second-order valence-electron chi connectivity index (χ2n) is 5.55. The van der Waals surface area contributed by atoms with Crippen LogP contribution in [-0.2, 0) is 16.0 Å². The van der Waals surface area contributed by atoms with Crippen LogP contribution in [0, 0.1) is 0 Å². The summed E-state index contributed by atoms with van der Waals surface area (Å²) in [6.07, 6.45) is 1.26. The molecule has 2 rings (SSSR count). The zero-order valence-electron chi connectivity index (χ0n) is 14.0. The number of hydrogen-bond donors (Lipinski definition) is 1. The van der Waals surface area contributed by atoms with Gasteiger partial charge in [0.25, 0.3) is 0 Å². The quantitative estimate of drug-likeness (QED) is 0.337.